The van der Waals surface area contributed by atoms with Crippen molar-refractivity contribution in [2.24, 2.45) is 0 Å². The molecule has 3 heterocycles. The monoisotopic (exact) mass is 200 g/mol. The van der Waals surface area contributed by atoms with Gasteiger partial charge in [-0.25, -0.2) is 4.79 Å². The van der Waals surface area contributed by atoms with Crippen LogP contribution in [0.3, 0.4) is 0 Å². The smallest absolute Gasteiger partial charge is 0.354 e. The predicted molar refractivity (Wildman–Crippen MR) is 45.3 cm³/mol. The van der Waals surface area contributed by atoms with Crippen LogP contribution in [0, 0.1) is 0 Å². The molecule has 0 radical (unpaired) electrons. The third kappa shape index (κ3) is 1.54. The molecular formula is C9H12O5. The number of esters is 1. The molecule has 0 unspecified atom stereocenters. The fourth-order valence-electron chi connectivity index (χ4n) is 1.32. The van der Waals surface area contributed by atoms with Gasteiger partial charge in [-0.15, -0.1) is 0 Å². The molecule has 3 aliphatic rings. The molecule has 0 N–H and O–H groups in total. The second-order valence-electron chi connectivity index (χ2n) is 3.62. The number of carbonyl (C=O) groups excluding carboxylic acids is 1. The molecule has 0 aliphatic carbocycles. The van der Waals surface area contributed by atoms with E-state index in [0.29, 0.717) is 13.2 Å². The van der Waals surface area contributed by atoms with Crippen LogP contribution in [0.25, 0.3) is 0 Å². The highest BCUT2D eigenvalue weighted by molar-refractivity contribution is 5.81. The standard InChI is InChI=1S/C9H12O5/c1-3-7(10)14-9-6-11-8(2,4-12-9)5-13-9/h3H,1,4-6H2,2H3. The summed E-state index contributed by atoms with van der Waals surface area (Å²) in [6.07, 6.45) is 1.06. The minimum atomic E-state index is -1.36. The molecule has 0 atom stereocenters. The summed E-state index contributed by atoms with van der Waals surface area (Å²) in [5.74, 6) is -1.94. The Morgan fingerprint density at radius 2 is 2.00 bits per heavy atom. The number of rotatable bonds is 2. The van der Waals surface area contributed by atoms with Crippen molar-refractivity contribution in [2.45, 2.75) is 18.5 Å². The predicted octanol–water partition coefficient (Wildman–Crippen LogP) is 0.205. The Labute approximate surface area is 81.6 Å². The van der Waals surface area contributed by atoms with E-state index in [4.69, 9.17) is 18.9 Å². The molecular weight excluding hydrogens is 188 g/mol. The zero-order chi connectivity index (χ0) is 10.2. The average Bonchev–Trinajstić information content (AvgIpc) is 2.20. The first kappa shape index (κ1) is 9.64. The van der Waals surface area contributed by atoms with E-state index in [1.807, 2.05) is 6.92 Å². The molecule has 14 heavy (non-hydrogen) atoms. The normalized spacial score (nSPS) is 40.6. The van der Waals surface area contributed by atoms with E-state index >= 15 is 0 Å². The molecule has 0 amide bonds. The van der Waals surface area contributed by atoms with E-state index in [1.54, 1.807) is 0 Å². The van der Waals surface area contributed by atoms with Gasteiger partial charge in [-0.1, -0.05) is 6.58 Å². The van der Waals surface area contributed by atoms with E-state index in [-0.39, 0.29) is 6.61 Å². The molecule has 0 spiro atoms. The molecule has 3 rings (SSSR count). The maximum Gasteiger partial charge on any atom is 0.354 e. The van der Waals surface area contributed by atoms with Crippen molar-refractivity contribution in [3.8, 4) is 0 Å². The van der Waals surface area contributed by atoms with Crippen LogP contribution >= 0.6 is 0 Å². The number of hydrogen-bond donors (Lipinski definition) is 0. The van der Waals surface area contributed by atoms with E-state index in [1.165, 1.54) is 0 Å². The van der Waals surface area contributed by atoms with E-state index < -0.39 is 17.5 Å². The van der Waals surface area contributed by atoms with E-state index in [0.717, 1.165) is 6.08 Å². The Hall–Kier alpha value is -0.910. The van der Waals surface area contributed by atoms with Crippen molar-refractivity contribution in [1.82, 2.24) is 0 Å². The molecule has 0 aromatic heterocycles. The lowest BCUT2D eigenvalue weighted by Gasteiger charge is -2.48. The quantitative estimate of drug-likeness (QED) is 0.471. The first-order chi connectivity index (χ1) is 6.58. The maximum absolute atomic E-state index is 11.0. The Morgan fingerprint density at radius 3 is 2.43 bits per heavy atom. The molecule has 3 fully saturated rings. The van der Waals surface area contributed by atoms with Crippen molar-refractivity contribution in [2.75, 3.05) is 19.8 Å². The first-order valence-electron chi connectivity index (χ1n) is 4.35. The van der Waals surface area contributed by atoms with Crippen molar-refractivity contribution < 1.29 is 23.7 Å². The van der Waals surface area contributed by atoms with Crippen LogP contribution in [0.4, 0.5) is 0 Å². The van der Waals surface area contributed by atoms with Gasteiger partial charge in [0.05, 0.1) is 13.2 Å². The highest BCUT2D eigenvalue weighted by Gasteiger charge is 2.52. The van der Waals surface area contributed by atoms with Crippen LogP contribution in [0.5, 0.6) is 0 Å². The summed E-state index contributed by atoms with van der Waals surface area (Å²) in [7, 11) is 0. The summed E-state index contributed by atoms with van der Waals surface area (Å²) >= 11 is 0. The highest BCUT2D eigenvalue weighted by Crippen LogP contribution is 2.34. The summed E-state index contributed by atoms with van der Waals surface area (Å²) in [5, 5.41) is 0. The van der Waals surface area contributed by atoms with Gasteiger partial charge in [-0.3, -0.25) is 0 Å². The van der Waals surface area contributed by atoms with Crippen molar-refractivity contribution >= 4 is 5.97 Å². The number of carbonyl (C=O) groups is 1. The average molecular weight is 200 g/mol. The van der Waals surface area contributed by atoms with Gasteiger partial charge in [0.25, 0.3) is 0 Å². The fraction of sp³-hybridized carbons (Fsp3) is 0.667. The Kier molecular flexibility index (Phi) is 2.10. The maximum atomic E-state index is 11.0. The minimum absolute atomic E-state index is 0.100. The van der Waals surface area contributed by atoms with Crippen LogP contribution in [0.1, 0.15) is 6.92 Å². The molecule has 2 bridgehead atoms. The zero-order valence-electron chi connectivity index (χ0n) is 7.95. The summed E-state index contributed by atoms with van der Waals surface area (Å²) in [6.45, 7) is 5.99. The number of fused-ring (bicyclic) bond motifs is 3. The molecule has 0 aromatic carbocycles. The van der Waals surface area contributed by atoms with Gasteiger partial charge < -0.3 is 18.9 Å². The highest BCUT2D eigenvalue weighted by atomic mass is 16.9. The molecule has 3 aliphatic heterocycles. The van der Waals surface area contributed by atoms with Crippen LogP contribution in [0.15, 0.2) is 12.7 Å². The molecule has 0 saturated carbocycles. The lowest BCUT2D eigenvalue weighted by atomic mass is 10.1. The SMILES string of the molecule is C=CC(=O)OC12COC(C)(CO1)CO2. The largest absolute Gasteiger partial charge is 0.402 e. The Balaban J connectivity index is 2.05. The van der Waals surface area contributed by atoms with Crippen molar-refractivity contribution in [3.63, 3.8) is 0 Å². The minimum Gasteiger partial charge on any atom is -0.402 e. The summed E-state index contributed by atoms with van der Waals surface area (Å²) in [6, 6.07) is 0. The van der Waals surface area contributed by atoms with Crippen LogP contribution in [0.2, 0.25) is 0 Å². The van der Waals surface area contributed by atoms with Crippen molar-refractivity contribution in [1.29, 1.82) is 0 Å². The summed E-state index contributed by atoms with van der Waals surface area (Å²) < 4.78 is 21.0. The molecule has 0 aromatic rings. The number of hydrogen-bond acceptors (Lipinski definition) is 5. The van der Waals surface area contributed by atoms with Gasteiger partial charge in [0.1, 0.15) is 12.2 Å². The summed E-state index contributed by atoms with van der Waals surface area (Å²) in [4.78, 5) is 11.0. The lowest BCUT2D eigenvalue weighted by Crippen LogP contribution is -2.64. The van der Waals surface area contributed by atoms with E-state index in [9.17, 15) is 4.79 Å². The third-order valence-corrected chi connectivity index (χ3v) is 2.21. The van der Waals surface area contributed by atoms with Crippen LogP contribution < -0.4 is 0 Å². The second-order valence-corrected chi connectivity index (χ2v) is 3.62. The van der Waals surface area contributed by atoms with Gasteiger partial charge in [-0.2, -0.15) is 0 Å². The van der Waals surface area contributed by atoms with Gasteiger partial charge in [0.2, 0.25) is 0 Å². The topological polar surface area (TPSA) is 54.0 Å². The van der Waals surface area contributed by atoms with Gasteiger partial charge >= 0.3 is 11.9 Å². The van der Waals surface area contributed by atoms with Gasteiger partial charge in [0.15, 0.2) is 0 Å². The second kappa shape index (κ2) is 3.05. The van der Waals surface area contributed by atoms with Crippen LogP contribution in [-0.2, 0) is 23.7 Å². The zero-order valence-corrected chi connectivity index (χ0v) is 7.95. The number of ether oxygens (including phenoxy) is 4. The molecule has 5 heteroatoms. The Morgan fingerprint density at radius 1 is 1.36 bits per heavy atom. The third-order valence-electron chi connectivity index (χ3n) is 2.21. The van der Waals surface area contributed by atoms with Gasteiger partial charge in [0, 0.05) is 6.08 Å². The molecule has 78 valence electrons. The lowest BCUT2D eigenvalue weighted by molar-refractivity contribution is -0.466. The first-order valence-corrected chi connectivity index (χ1v) is 4.35. The summed E-state index contributed by atoms with van der Waals surface area (Å²) in [5.41, 5.74) is -0.414. The van der Waals surface area contributed by atoms with E-state index in [2.05, 4.69) is 6.58 Å². The molecule has 3 saturated heterocycles. The molecule has 5 nitrogen and oxygen atoms in total. The fourth-order valence-corrected chi connectivity index (χ4v) is 1.32. The van der Waals surface area contributed by atoms with Crippen molar-refractivity contribution in [3.05, 3.63) is 12.7 Å². The van der Waals surface area contributed by atoms with Crippen LogP contribution in [-0.4, -0.2) is 37.4 Å². The Bertz CT molecular complexity index is 248. The van der Waals surface area contributed by atoms with Gasteiger partial charge in [-0.05, 0) is 6.92 Å².